The van der Waals surface area contributed by atoms with Gasteiger partial charge >= 0.3 is 5.97 Å². The average Bonchev–Trinajstić information content (AvgIpc) is 2.60. The third-order valence-electron chi connectivity index (χ3n) is 5.73. The summed E-state index contributed by atoms with van der Waals surface area (Å²) in [6.07, 6.45) is 19.5. The van der Waals surface area contributed by atoms with Crippen molar-refractivity contribution < 1.29 is 9.90 Å². The molecule has 0 aromatic carbocycles. The zero-order valence-electron chi connectivity index (χ0n) is 18.4. The molecule has 26 heavy (non-hydrogen) atoms. The van der Waals surface area contributed by atoms with Gasteiger partial charge in [-0.1, -0.05) is 118 Å². The van der Waals surface area contributed by atoms with Crippen molar-refractivity contribution in [3.63, 3.8) is 0 Å². The molecule has 0 radical (unpaired) electrons. The maximum Gasteiger partial charge on any atom is 0.306 e. The van der Waals surface area contributed by atoms with Crippen LogP contribution in [0.5, 0.6) is 0 Å². The monoisotopic (exact) mass is 368 g/mol. The number of carboxylic acid groups (broad SMARTS) is 1. The van der Waals surface area contributed by atoms with Crippen LogP contribution in [0.15, 0.2) is 0 Å². The zero-order chi connectivity index (χ0) is 19.6. The van der Waals surface area contributed by atoms with Crippen LogP contribution in [0, 0.1) is 17.8 Å². The fourth-order valence-corrected chi connectivity index (χ4v) is 3.95. The van der Waals surface area contributed by atoms with E-state index in [1.165, 1.54) is 83.5 Å². The molecule has 0 aliphatic carbocycles. The van der Waals surface area contributed by atoms with Crippen molar-refractivity contribution in [3.05, 3.63) is 0 Å². The van der Waals surface area contributed by atoms with Crippen LogP contribution in [-0.4, -0.2) is 11.1 Å². The van der Waals surface area contributed by atoms with Gasteiger partial charge in [0.2, 0.25) is 0 Å². The molecule has 0 aliphatic rings. The van der Waals surface area contributed by atoms with Crippen LogP contribution < -0.4 is 0 Å². The van der Waals surface area contributed by atoms with Gasteiger partial charge in [-0.2, -0.15) is 0 Å². The van der Waals surface area contributed by atoms with Crippen LogP contribution in [-0.2, 0) is 4.79 Å². The summed E-state index contributed by atoms with van der Waals surface area (Å²) in [5.74, 6) is 0.765. The lowest BCUT2D eigenvalue weighted by atomic mass is 9.84. The van der Waals surface area contributed by atoms with Crippen LogP contribution in [0.2, 0.25) is 0 Å². The molecule has 2 unspecified atom stereocenters. The fourth-order valence-electron chi connectivity index (χ4n) is 3.95. The Morgan fingerprint density at radius 1 is 0.692 bits per heavy atom. The first-order valence-electron chi connectivity index (χ1n) is 11.7. The van der Waals surface area contributed by atoms with Gasteiger partial charge in [0, 0.05) is 0 Å². The second-order valence-corrected chi connectivity index (χ2v) is 8.87. The molecule has 0 amide bonds. The SMILES string of the molecule is CCCCCCC(CCCC)CC(CCCCCCCC(C)C)C(=O)O. The highest BCUT2D eigenvalue weighted by molar-refractivity contribution is 5.69. The first-order valence-corrected chi connectivity index (χ1v) is 11.7. The molecule has 0 spiro atoms. The van der Waals surface area contributed by atoms with Gasteiger partial charge in [-0.3, -0.25) is 4.79 Å². The summed E-state index contributed by atoms with van der Waals surface area (Å²) in [7, 11) is 0. The Balaban J connectivity index is 4.13. The molecular weight excluding hydrogens is 320 g/mol. The molecule has 0 saturated carbocycles. The van der Waals surface area contributed by atoms with Crippen molar-refractivity contribution in [2.75, 3.05) is 0 Å². The number of carbonyl (C=O) groups is 1. The summed E-state index contributed by atoms with van der Waals surface area (Å²) in [6, 6.07) is 0. The molecule has 0 rings (SSSR count). The Morgan fingerprint density at radius 3 is 1.77 bits per heavy atom. The quantitative estimate of drug-likeness (QED) is 0.233. The third kappa shape index (κ3) is 15.7. The number of hydrogen-bond acceptors (Lipinski definition) is 1. The van der Waals surface area contributed by atoms with E-state index in [-0.39, 0.29) is 5.92 Å². The van der Waals surface area contributed by atoms with Crippen molar-refractivity contribution in [1.82, 2.24) is 0 Å². The minimum atomic E-state index is -0.556. The summed E-state index contributed by atoms with van der Waals surface area (Å²) in [4.78, 5) is 11.7. The minimum Gasteiger partial charge on any atom is -0.481 e. The van der Waals surface area contributed by atoms with Crippen LogP contribution in [0.3, 0.4) is 0 Å². The molecule has 1 N–H and O–H groups in total. The van der Waals surface area contributed by atoms with Gasteiger partial charge in [-0.15, -0.1) is 0 Å². The Hall–Kier alpha value is -0.530. The first kappa shape index (κ1) is 25.5. The molecule has 0 fully saturated rings. The lowest BCUT2D eigenvalue weighted by molar-refractivity contribution is -0.142. The van der Waals surface area contributed by atoms with Gasteiger partial charge in [-0.05, 0) is 24.7 Å². The molecule has 0 aliphatic heterocycles. The maximum atomic E-state index is 11.7. The van der Waals surface area contributed by atoms with Crippen LogP contribution in [0.1, 0.15) is 130 Å². The van der Waals surface area contributed by atoms with Gasteiger partial charge in [0.15, 0.2) is 0 Å². The van der Waals surface area contributed by atoms with E-state index in [2.05, 4.69) is 27.7 Å². The predicted octanol–water partition coefficient (Wildman–Crippen LogP) is 8.24. The molecule has 2 atom stereocenters. The summed E-state index contributed by atoms with van der Waals surface area (Å²) < 4.78 is 0. The van der Waals surface area contributed by atoms with Gasteiger partial charge in [0.05, 0.1) is 5.92 Å². The highest BCUT2D eigenvalue weighted by Crippen LogP contribution is 2.27. The van der Waals surface area contributed by atoms with Crippen molar-refractivity contribution in [2.24, 2.45) is 17.8 Å². The van der Waals surface area contributed by atoms with Crippen LogP contribution in [0.4, 0.5) is 0 Å². The number of aliphatic carboxylic acids is 1. The minimum absolute atomic E-state index is 0.112. The Kier molecular flexibility index (Phi) is 17.5. The smallest absolute Gasteiger partial charge is 0.306 e. The van der Waals surface area contributed by atoms with E-state index in [0.29, 0.717) is 5.92 Å². The van der Waals surface area contributed by atoms with Crippen molar-refractivity contribution in [1.29, 1.82) is 0 Å². The molecule has 0 aromatic rings. The number of unbranched alkanes of at least 4 members (excludes halogenated alkanes) is 8. The lowest BCUT2D eigenvalue weighted by Gasteiger charge is -2.21. The van der Waals surface area contributed by atoms with Gasteiger partial charge < -0.3 is 5.11 Å². The number of hydrogen-bond donors (Lipinski definition) is 1. The van der Waals surface area contributed by atoms with Crippen molar-refractivity contribution >= 4 is 5.97 Å². The van der Waals surface area contributed by atoms with E-state index < -0.39 is 5.97 Å². The van der Waals surface area contributed by atoms with Crippen LogP contribution in [0.25, 0.3) is 0 Å². The molecule has 2 nitrogen and oxygen atoms in total. The molecule has 2 heteroatoms. The average molecular weight is 369 g/mol. The second-order valence-electron chi connectivity index (χ2n) is 8.87. The maximum absolute atomic E-state index is 11.7. The summed E-state index contributed by atoms with van der Waals surface area (Å²) >= 11 is 0. The molecule has 0 aromatic heterocycles. The van der Waals surface area contributed by atoms with Gasteiger partial charge in [0.25, 0.3) is 0 Å². The zero-order valence-corrected chi connectivity index (χ0v) is 18.4. The Morgan fingerprint density at radius 2 is 1.19 bits per heavy atom. The molecule has 0 saturated heterocycles. The highest BCUT2D eigenvalue weighted by atomic mass is 16.4. The summed E-state index contributed by atoms with van der Waals surface area (Å²) in [5, 5.41) is 9.66. The normalized spacial score (nSPS) is 13.9. The second kappa shape index (κ2) is 17.9. The van der Waals surface area contributed by atoms with E-state index in [1.807, 2.05) is 0 Å². The van der Waals surface area contributed by atoms with E-state index in [0.717, 1.165) is 25.2 Å². The molecule has 0 heterocycles. The third-order valence-corrected chi connectivity index (χ3v) is 5.73. The number of rotatable bonds is 19. The van der Waals surface area contributed by atoms with E-state index in [9.17, 15) is 9.90 Å². The van der Waals surface area contributed by atoms with Gasteiger partial charge in [0.1, 0.15) is 0 Å². The van der Waals surface area contributed by atoms with Gasteiger partial charge in [-0.25, -0.2) is 0 Å². The standard InChI is InChI=1S/C24H48O2/c1-5-7-9-14-18-22(17-8-6-2)20-23(24(25)26)19-15-12-10-11-13-16-21(3)4/h21-23H,5-20H2,1-4H3,(H,25,26). The summed E-state index contributed by atoms with van der Waals surface area (Å²) in [5.41, 5.74) is 0. The highest BCUT2D eigenvalue weighted by Gasteiger charge is 2.21. The van der Waals surface area contributed by atoms with E-state index in [1.54, 1.807) is 0 Å². The molecule has 0 bridgehead atoms. The Bertz CT molecular complexity index is 311. The van der Waals surface area contributed by atoms with Crippen molar-refractivity contribution in [3.8, 4) is 0 Å². The largest absolute Gasteiger partial charge is 0.481 e. The lowest BCUT2D eigenvalue weighted by Crippen LogP contribution is -2.18. The molecule has 156 valence electrons. The Labute approximate surface area is 164 Å². The fraction of sp³-hybridized carbons (Fsp3) is 0.958. The number of carboxylic acids is 1. The van der Waals surface area contributed by atoms with E-state index in [4.69, 9.17) is 0 Å². The van der Waals surface area contributed by atoms with Crippen LogP contribution >= 0.6 is 0 Å². The first-order chi connectivity index (χ1) is 12.5. The topological polar surface area (TPSA) is 37.3 Å². The van der Waals surface area contributed by atoms with Crippen molar-refractivity contribution in [2.45, 2.75) is 130 Å². The predicted molar refractivity (Wildman–Crippen MR) is 115 cm³/mol. The van der Waals surface area contributed by atoms with E-state index >= 15 is 0 Å². The summed E-state index contributed by atoms with van der Waals surface area (Å²) in [6.45, 7) is 9.06. The molecular formula is C24H48O2.